The summed E-state index contributed by atoms with van der Waals surface area (Å²) in [6.07, 6.45) is 6.20. The molecule has 22 heavy (non-hydrogen) atoms. The molecule has 1 amide bonds. The third-order valence-electron chi connectivity index (χ3n) is 4.09. The van der Waals surface area contributed by atoms with Gasteiger partial charge in [-0.2, -0.15) is 0 Å². The van der Waals surface area contributed by atoms with E-state index in [2.05, 4.69) is 15.5 Å². The van der Waals surface area contributed by atoms with E-state index in [1.807, 2.05) is 31.2 Å². The Morgan fingerprint density at radius 1 is 1.27 bits per heavy atom. The van der Waals surface area contributed by atoms with Crippen LogP contribution in [0.3, 0.4) is 0 Å². The fourth-order valence-corrected chi connectivity index (χ4v) is 2.97. The maximum absolute atomic E-state index is 12.0. The highest BCUT2D eigenvalue weighted by atomic mass is 16.4. The summed E-state index contributed by atoms with van der Waals surface area (Å²) < 4.78 is 5.60. The van der Waals surface area contributed by atoms with E-state index >= 15 is 0 Å². The van der Waals surface area contributed by atoms with Crippen LogP contribution in [0.1, 0.15) is 55.0 Å². The molecule has 5 heteroatoms. The molecule has 1 aromatic heterocycles. The van der Waals surface area contributed by atoms with Gasteiger partial charge in [0.25, 0.3) is 0 Å². The lowest BCUT2D eigenvalue weighted by atomic mass is 9.89. The molecule has 1 N–H and O–H groups in total. The molecule has 116 valence electrons. The molecule has 0 spiro atoms. The van der Waals surface area contributed by atoms with E-state index in [0.29, 0.717) is 18.2 Å². The van der Waals surface area contributed by atoms with E-state index in [9.17, 15) is 4.79 Å². The minimum atomic E-state index is -0.135. The zero-order valence-corrected chi connectivity index (χ0v) is 12.8. The topological polar surface area (TPSA) is 68.0 Å². The number of aryl methyl sites for hydroxylation is 1. The monoisotopic (exact) mass is 299 g/mol. The van der Waals surface area contributed by atoms with Crippen molar-refractivity contribution >= 4 is 11.9 Å². The highest BCUT2D eigenvalue weighted by molar-refractivity contribution is 5.90. The third-order valence-corrected chi connectivity index (χ3v) is 4.09. The highest BCUT2D eigenvalue weighted by Crippen LogP contribution is 2.32. The predicted molar refractivity (Wildman–Crippen MR) is 83.6 cm³/mol. The first-order valence-corrected chi connectivity index (χ1v) is 7.89. The van der Waals surface area contributed by atoms with Crippen LogP contribution < -0.4 is 5.32 Å². The molecule has 0 bridgehead atoms. The minimum absolute atomic E-state index is 0.135. The number of rotatable bonds is 4. The van der Waals surface area contributed by atoms with Crippen molar-refractivity contribution in [1.82, 2.24) is 10.2 Å². The second-order valence-corrected chi connectivity index (χ2v) is 5.99. The zero-order valence-electron chi connectivity index (χ0n) is 12.8. The van der Waals surface area contributed by atoms with Crippen LogP contribution in [-0.2, 0) is 11.2 Å². The second-order valence-electron chi connectivity index (χ2n) is 5.99. The average Bonchev–Trinajstić information content (AvgIpc) is 2.96. The van der Waals surface area contributed by atoms with Crippen LogP contribution in [0.15, 0.2) is 28.7 Å². The van der Waals surface area contributed by atoms with E-state index in [1.54, 1.807) is 0 Å². The van der Waals surface area contributed by atoms with Gasteiger partial charge in [0.15, 0.2) is 0 Å². The van der Waals surface area contributed by atoms with Crippen molar-refractivity contribution in [2.24, 2.45) is 0 Å². The van der Waals surface area contributed by atoms with Crippen LogP contribution in [0.5, 0.6) is 0 Å². The molecule has 1 fully saturated rings. The predicted octanol–water partition coefficient (Wildman–Crippen LogP) is 3.61. The molecule has 0 aliphatic heterocycles. The smallest absolute Gasteiger partial charge is 0.322 e. The SMILES string of the molecule is Cc1cccc(CC(=O)Nc2nnc(C3CCCCC3)o2)c1. The molecular formula is C17H21N3O2. The Kier molecular flexibility index (Phi) is 4.51. The summed E-state index contributed by atoms with van der Waals surface area (Å²) in [4.78, 5) is 12.0. The van der Waals surface area contributed by atoms with Crippen molar-refractivity contribution in [3.05, 3.63) is 41.3 Å². The molecule has 1 aliphatic carbocycles. The molecule has 1 aliphatic rings. The first kappa shape index (κ1) is 14.8. The number of aromatic nitrogens is 2. The van der Waals surface area contributed by atoms with Crippen molar-refractivity contribution in [3.63, 3.8) is 0 Å². The molecule has 3 rings (SSSR count). The molecule has 1 heterocycles. The molecule has 1 aromatic carbocycles. The van der Waals surface area contributed by atoms with Gasteiger partial charge in [-0.25, -0.2) is 0 Å². The normalized spacial score (nSPS) is 15.7. The van der Waals surface area contributed by atoms with Crippen molar-refractivity contribution in [2.75, 3.05) is 5.32 Å². The van der Waals surface area contributed by atoms with Crippen LogP contribution in [0.2, 0.25) is 0 Å². The molecule has 0 unspecified atom stereocenters. The van der Waals surface area contributed by atoms with Crippen LogP contribution in [0.4, 0.5) is 6.01 Å². The number of hydrogen-bond acceptors (Lipinski definition) is 4. The van der Waals surface area contributed by atoms with Gasteiger partial charge in [0.2, 0.25) is 11.8 Å². The van der Waals surface area contributed by atoms with E-state index in [4.69, 9.17) is 4.42 Å². The number of carbonyl (C=O) groups excluding carboxylic acids is 1. The van der Waals surface area contributed by atoms with E-state index in [-0.39, 0.29) is 11.9 Å². The number of nitrogens with one attached hydrogen (secondary N) is 1. The Balaban J connectivity index is 1.58. The largest absolute Gasteiger partial charge is 0.408 e. The van der Waals surface area contributed by atoms with Crippen LogP contribution in [0.25, 0.3) is 0 Å². The highest BCUT2D eigenvalue weighted by Gasteiger charge is 2.21. The van der Waals surface area contributed by atoms with Gasteiger partial charge in [-0.05, 0) is 25.3 Å². The summed E-state index contributed by atoms with van der Waals surface area (Å²) in [5.74, 6) is 0.874. The molecule has 0 radical (unpaired) electrons. The molecular weight excluding hydrogens is 278 g/mol. The number of carbonyl (C=O) groups is 1. The Morgan fingerprint density at radius 2 is 2.09 bits per heavy atom. The summed E-state index contributed by atoms with van der Waals surface area (Å²) in [6, 6.07) is 8.11. The number of nitrogens with zero attached hydrogens (tertiary/aromatic N) is 2. The second kappa shape index (κ2) is 6.73. The minimum Gasteiger partial charge on any atom is -0.408 e. The lowest BCUT2D eigenvalue weighted by molar-refractivity contribution is -0.115. The van der Waals surface area contributed by atoms with Crippen molar-refractivity contribution in [3.8, 4) is 0 Å². The van der Waals surface area contributed by atoms with Crippen LogP contribution in [-0.4, -0.2) is 16.1 Å². The van der Waals surface area contributed by atoms with Gasteiger partial charge >= 0.3 is 6.01 Å². The Labute approximate surface area is 130 Å². The summed E-state index contributed by atoms with van der Waals surface area (Å²) in [7, 11) is 0. The maximum atomic E-state index is 12.0. The van der Waals surface area contributed by atoms with Crippen molar-refractivity contribution in [1.29, 1.82) is 0 Å². The first-order valence-electron chi connectivity index (χ1n) is 7.89. The van der Waals surface area contributed by atoms with Crippen LogP contribution in [0, 0.1) is 6.92 Å². The van der Waals surface area contributed by atoms with E-state index < -0.39 is 0 Å². The standard InChI is InChI=1S/C17H21N3O2/c1-12-6-5-7-13(10-12)11-15(21)18-17-20-19-16(22-17)14-8-3-2-4-9-14/h5-7,10,14H,2-4,8-9,11H2,1H3,(H,18,20,21). The molecule has 2 aromatic rings. The maximum Gasteiger partial charge on any atom is 0.322 e. The van der Waals surface area contributed by atoms with Gasteiger partial charge in [0, 0.05) is 5.92 Å². The first-order chi connectivity index (χ1) is 10.7. The fourth-order valence-electron chi connectivity index (χ4n) is 2.97. The zero-order chi connectivity index (χ0) is 15.4. The van der Waals surface area contributed by atoms with E-state index in [1.165, 1.54) is 19.3 Å². The van der Waals surface area contributed by atoms with Crippen molar-refractivity contribution in [2.45, 2.75) is 51.4 Å². The third kappa shape index (κ3) is 3.72. The van der Waals surface area contributed by atoms with Crippen LogP contribution >= 0.6 is 0 Å². The number of hydrogen-bond donors (Lipinski definition) is 1. The summed E-state index contributed by atoms with van der Waals surface area (Å²) in [6.45, 7) is 2.01. The fraction of sp³-hybridized carbons (Fsp3) is 0.471. The number of amides is 1. The Hall–Kier alpha value is -2.17. The quantitative estimate of drug-likeness (QED) is 0.936. The van der Waals surface area contributed by atoms with Gasteiger partial charge in [0.05, 0.1) is 6.42 Å². The van der Waals surface area contributed by atoms with Gasteiger partial charge < -0.3 is 4.42 Å². The van der Waals surface area contributed by atoms with Crippen molar-refractivity contribution < 1.29 is 9.21 Å². The average molecular weight is 299 g/mol. The summed E-state index contributed by atoms with van der Waals surface area (Å²) in [5, 5.41) is 10.7. The molecule has 0 atom stereocenters. The molecule has 0 saturated heterocycles. The van der Waals surface area contributed by atoms with Gasteiger partial charge in [-0.3, -0.25) is 10.1 Å². The Bertz CT molecular complexity index is 645. The lowest BCUT2D eigenvalue weighted by Gasteiger charge is -2.17. The summed E-state index contributed by atoms with van der Waals surface area (Å²) in [5.41, 5.74) is 2.12. The van der Waals surface area contributed by atoms with E-state index in [0.717, 1.165) is 24.0 Å². The molecule has 5 nitrogen and oxygen atoms in total. The van der Waals surface area contributed by atoms with Gasteiger partial charge in [-0.1, -0.05) is 54.2 Å². The number of anilines is 1. The lowest BCUT2D eigenvalue weighted by Crippen LogP contribution is -2.14. The number of benzene rings is 1. The molecule has 1 saturated carbocycles. The Morgan fingerprint density at radius 3 is 2.86 bits per heavy atom. The van der Waals surface area contributed by atoms with Gasteiger partial charge in [0.1, 0.15) is 0 Å². The van der Waals surface area contributed by atoms with Gasteiger partial charge in [-0.15, -0.1) is 5.10 Å². The summed E-state index contributed by atoms with van der Waals surface area (Å²) >= 11 is 0.